The van der Waals surface area contributed by atoms with Gasteiger partial charge in [-0.2, -0.15) is 5.26 Å². The predicted molar refractivity (Wildman–Crippen MR) is 90.3 cm³/mol. The number of nitrogens with zero attached hydrogens (tertiary/aromatic N) is 2. The number of carbonyl (C=O) groups excluding carboxylic acids is 2. The first-order valence-electron chi connectivity index (χ1n) is 8.58. The quantitative estimate of drug-likeness (QED) is 0.752. The smallest absolute Gasteiger partial charge is 0.325 e. The highest BCUT2D eigenvalue weighted by Gasteiger charge is 2.28. The summed E-state index contributed by atoms with van der Waals surface area (Å²) < 4.78 is 5.04. The van der Waals surface area contributed by atoms with Crippen LogP contribution in [-0.2, 0) is 16.0 Å². The van der Waals surface area contributed by atoms with Crippen molar-refractivity contribution in [1.29, 1.82) is 5.26 Å². The molecule has 5 nitrogen and oxygen atoms in total. The molecule has 2 rings (SSSR count). The summed E-state index contributed by atoms with van der Waals surface area (Å²) in [6.07, 6.45) is 5.43. The topological polar surface area (TPSA) is 70.4 Å². The van der Waals surface area contributed by atoms with Crippen LogP contribution >= 0.6 is 0 Å². The van der Waals surface area contributed by atoms with E-state index in [9.17, 15) is 9.59 Å². The number of hydrogen-bond acceptors (Lipinski definition) is 4. The van der Waals surface area contributed by atoms with Gasteiger partial charge in [-0.3, -0.25) is 9.59 Å². The molecule has 24 heavy (non-hydrogen) atoms. The predicted octanol–water partition coefficient (Wildman–Crippen LogP) is 3.09. The van der Waals surface area contributed by atoms with E-state index in [1.54, 1.807) is 30.0 Å². The summed E-state index contributed by atoms with van der Waals surface area (Å²) in [4.78, 5) is 26.6. The van der Waals surface area contributed by atoms with E-state index in [2.05, 4.69) is 6.07 Å². The lowest BCUT2D eigenvalue weighted by atomic mass is 9.93. The first kappa shape index (κ1) is 18.0. The Morgan fingerprint density at radius 2 is 2.04 bits per heavy atom. The van der Waals surface area contributed by atoms with E-state index in [-0.39, 0.29) is 30.9 Å². The first-order valence-corrected chi connectivity index (χ1v) is 8.58. The molecule has 0 radical (unpaired) electrons. The number of ether oxygens (including phenoxy) is 1. The number of nitriles is 1. The Hall–Kier alpha value is -2.35. The fourth-order valence-electron chi connectivity index (χ4n) is 3.18. The van der Waals surface area contributed by atoms with Crippen LogP contribution in [0.3, 0.4) is 0 Å². The average Bonchev–Trinajstić information content (AvgIpc) is 2.61. The third-order valence-corrected chi connectivity index (χ3v) is 4.34. The molecule has 0 saturated heterocycles. The van der Waals surface area contributed by atoms with E-state index >= 15 is 0 Å². The van der Waals surface area contributed by atoms with Crippen LogP contribution in [0.1, 0.15) is 54.9 Å². The van der Waals surface area contributed by atoms with Crippen molar-refractivity contribution in [3.05, 3.63) is 35.4 Å². The van der Waals surface area contributed by atoms with Crippen LogP contribution in [-0.4, -0.2) is 36.0 Å². The highest BCUT2D eigenvalue weighted by atomic mass is 16.5. The van der Waals surface area contributed by atoms with Crippen molar-refractivity contribution in [2.45, 2.75) is 51.5 Å². The summed E-state index contributed by atoms with van der Waals surface area (Å²) >= 11 is 0. The Kier molecular flexibility index (Phi) is 6.80. The summed E-state index contributed by atoms with van der Waals surface area (Å²) in [5.74, 6) is -0.528. The van der Waals surface area contributed by atoms with Crippen LogP contribution in [0.15, 0.2) is 24.3 Å². The van der Waals surface area contributed by atoms with E-state index in [1.807, 2.05) is 6.07 Å². The van der Waals surface area contributed by atoms with Crippen LogP contribution in [0, 0.1) is 11.3 Å². The zero-order valence-electron chi connectivity index (χ0n) is 14.2. The molecular formula is C19H24N2O3. The van der Waals surface area contributed by atoms with Crippen molar-refractivity contribution >= 4 is 11.9 Å². The summed E-state index contributed by atoms with van der Waals surface area (Å²) in [7, 11) is 0. The summed E-state index contributed by atoms with van der Waals surface area (Å²) in [5.41, 5.74) is 1.33. The molecule has 0 bridgehead atoms. The molecule has 1 saturated carbocycles. The van der Waals surface area contributed by atoms with Crippen molar-refractivity contribution in [3.63, 3.8) is 0 Å². The highest BCUT2D eigenvalue weighted by Crippen LogP contribution is 2.24. The van der Waals surface area contributed by atoms with Gasteiger partial charge in [-0.1, -0.05) is 31.4 Å². The van der Waals surface area contributed by atoms with Gasteiger partial charge in [0.1, 0.15) is 6.54 Å². The second kappa shape index (κ2) is 9.07. The fraction of sp³-hybridized carbons (Fsp3) is 0.526. The van der Waals surface area contributed by atoms with Crippen molar-refractivity contribution in [1.82, 2.24) is 4.90 Å². The van der Waals surface area contributed by atoms with Gasteiger partial charge in [-0.05, 0) is 37.5 Å². The minimum Gasteiger partial charge on any atom is -0.465 e. The lowest BCUT2D eigenvalue weighted by Gasteiger charge is -2.33. The summed E-state index contributed by atoms with van der Waals surface area (Å²) in [5, 5.41) is 8.83. The second-order valence-electron chi connectivity index (χ2n) is 6.07. The average molecular weight is 328 g/mol. The van der Waals surface area contributed by atoms with Gasteiger partial charge in [-0.15, -0.1) is 0 Å². The second-order valence-corrected chi connectivity index (χ2v) is 6.07. The van der Waals surface area contributed by atoms with Crippen molar-refractivity contribution in [2.24, 2.45) is 0 Å². The van der Waals surface area contributed by atoms with Gasteiger partial charge in [0.2, 0.25) is 0 Å². The molecule has 5 heteroatoms. The van der Waals surface area contributed by atoms with Gasteiger partial charge in [0, 0.05) is 11.6 Å². The number of benzene rings is 1. The minimum atomic E-state index is -0.371. The fourth-order valence-corrected chi connectivity index (χ4v) is 3.18. The Morgan fingerprint density at radius 3 is 2.71 bits per heavy atom. The molecule has 0 unspecified atom stereocenters. The zero-order valence-corrected chi connectivity index (χ0v) is 14.2. The molecule has 128 valence electrons. The molecular weight excluding hydrogens is 304 g/mol. The third-order valence-electron chi connectivity index (χ3n) is 4.34. The van der Waals surface area contributed by atoms with Crippen molar-refractivity contribution in [2.75, 3.05) is 13.2 Å². The van der Waals surface area contributed by atoms with Gasteiger partial charge in [0.05, 0.1) is 19.1 Å². The maximum atomic E-state index is 13.0. The molecule has 0 N–H and O–H groups in total. The number of rotatable bonds is 6. The van der Waals surface area contributed by atoms with Crippen LogP contribution in [0.5, 0.6) is 0 Å². The highest BCUT2D eigenvalue weighted by molar-refractivity contribution is 5.96. The zero-order chi connectivity index (χ0) is 17.4. The molecule has 1 aromatic rings. The Labute approximate surface area is 143 Å². The first-order chi connectivity index (χ1) is 11.7. The van der Waals surface area contributed by atoms with E-state index in [4.69, 9.17) is 10.00 Å². The lowest BCUT2D eigenvalue weighted by molar-refractivity contribution is -0.144. The van der Waals surface area contributed by atoms with E-state index in [1.165, 1.54) is 6.42 Å². The molecule has 0 aromatic heterocycles. The van der Waals surface area contributed by atoms with Crippen LogP contribution in [0.2, 0.25) is 0 Å². The number of esters is 1. The Morgan fingerprint density at radius 1 is 1.29 bits per heavy atom. The van der Waals surface area contributed by atoms with Gasteiger partial charge in [0.15, 0.2) is 0 Å². The van der Waals surface area contributed by atoms with Crippen LogP contribution < -0.4 is 0 Å². The third kappa shape index (κ3) is 4.82. The van der Waals surface area contributed by atoms with Gasteiger partial charge in [0.25, 0.3) is 5.91 Å². The molecule has 0 atom stereocenters. The standard InChI is InChI=1S/C19H24N2O3/c1-2-24-18(22)14-21(17-9-4-3-5-10-17)19(23)16-8-6-7-15(13-16)11-12-20/h6-8,13,17H,2-5,9-11,14H2,1H3. The molecule has 1 aliphatic carbocycles. The maximum Gasteiger partial charge on any atom is 0.325 e. The normalized spacial score (nSPS) is 14.7. The van der Waals surface area contributed by atoms with Crippen LogP contribution in [0.4, 0.5) is 0 Å². The number of hydrogen-bond donors (Lipinski definition) is 0. The molecule has 1 aromatic carbocycles. The number of amides is 1. The molecule has 1 fully saturated rings. The van der Waals surface area contributed by atoms with E-state index in [0.717, 1.165) is 31.2 Å². The summed E-state index contributed by atoms with van der Waals surface area (Å²) in [6, 6.07) is 9.27. The van der Waals surface area contributed by atoms with Gasteiger partial charge < -0.3 is 9.64 Å². The largest absolute Gasteiger partial charge is 0.465 e. The van der Waals surface area contributed by atoms with Crippen molar-refractivity contribution in [3.8, 4) is 6.07 Å². The van der Waals surface area contributed by atoms with E-state index < -0.39 is 0 Å². The summed E-state index contributed by atoms with van der Waals surface area (Å²) in [6.45, 7) is 2.05. The van der Waals surface area contributed by atoms with Gasteiger partial charge >= 0.3 is 5.97 Å². The van der Waals surface area contributed by atoms with Crippen LogP contribution in [0.25, 0.3) is 0 Å². The monoisotopic (exact) mass is 328 g/mol. The molecule has 1 aliphatic rings. The molecule has 0 spiro atoms. The molecule has 0 heterocycles. The molecule has 1 amide bonds. The van der Waals surface area contributed by atoms with Gasteiger partial charge in [-0.25, -0.2) is 0 Å². The minimum absolute atomic E-state index is 0.0141. The van der Waals surface area contributed by atoms with E-state index in [0.29, 0.717) is 12.2 Å². The Balaban J connectivity index is 2.21. The maximum absolute atomic E-state index is 13.0. The SMILES string of the molecule is CCOC(=O)CN(C(=O)c1cccc(CC#N)c1)C1CCCCC1. The lowest BCUT2D eigenvalue weighted by Crippen LogP contribution is -2.44. The number of carbonyl (C=O) groups is 2. The Bertz CT molecular complexity index is 615. The molecule has 0 aliphatic heterocycles. The van der Waals surface area contributed by atoms with Crippen molar-refractivity contribution < 1.29 is 14.3 Å².